The van der Waals surface area contributed by atoms with E-state index in [1.54, 1.807) is 4.68 Å². The first-order valence-electron chi connectivity index (χ1n) is 6.94. The Hall–Kier alpha value is -2.32. The van der Waals surface area contributed by atoms with E-state index in [0.29, 0.717) is 13.0 Å². The van der Waals surface area contributed by atoms with Gasteiger partial charge in [0.2, 0.25) is 0 Å². The summed E-state index contributed by atoms with van der Waals surface area (Å²) in [5, 5.41) is 12.9. The molecule has 0 fully saturated rings. The third kappa shape index (κ3) is 4.07. The number of rotatable bonds is 5. The summed E-state index contributed by atoms with van der Waals surface area (Å²) in [7, 11) is 0. The van der Waals surface area contributed by atoms with Gasteiger partial charge in [-0.05, 0) is 31.5 Å². The van der Waals surface area contributed by atoms with Gasteiger partial charge in [0, 0.05) is 13.0 Å². The molecule has 0 unspecified atom stereocenters. The van der Waals surface area contributed by atoms with Gasteiger partial charge in [-0.15, -0.1) is 0 Å². The molecule has 5 heteroatoms. The van der Waals surface area contributed by atoms with E-state index in [1.807, 2.05) is 32.0 Å². The molecule has 2 rings (SSSR count). The number of hydrogen-bond donors (Lipinski definition) is 1. The molecule has 1 N–H and O–H groups in total. The van der Waals surface area contributed by atoms with Crippen molar-refractivity contribution in [3.8, 4) is 17.6 Å². The summed E-state index contributed by atoms with van der Waals surface area (Å²) >= 11 is 0. The Bertz CT molecular complexity index is 653. The normalized spacial score (nSPS) is 10.0. The Morgan fingerprint density at radius 1 is 1.38 bits per heavy atom. The predicted molar refractivity (Wildman–Crippen MR) is 79.8 cm³/mol. The van der Waals surface area contributed by atoms with Gasteiger partial charge in [0.1, 0.15) is 18.7 Å². The zero-order chi connectivity index (χ0) is 15.1. The number of hydrogen-bond acceptors (Lipinski definition) is 4. The largest absolute Gasteiger partial charge is 0.484 e. The van der Waals surface area contributed by atoms with E-state index in [-0.39, 0.29) is 6.61 Å². The van der Waals surface area contributed by atoms with E-state index in [4.69, 9.17) is 9.84 Å². The molecule has 2 aromatic rings. The van der Waals surface area contributed by atoms with Crippen LogP contribution in [0.15, 0.2) is 24.5 Å². The highest BCUT2D eigenvalue weighted by atomic mass is 16.5. The summed E-state index contributed by atoms with van der Waals surface area (Å²) in [5.74, 6) is 7.46. The van der Waals surface area contributed by atoms with Gasteiger partial charge >= 0.3 is 0 Å². The first-order valence-corrected chi connectivity index (χ1v) is 6.94. The van der Waals surface area contributed by atoms with Crippen LogP contribution in [0.3, 0.4) is 0 Å². The first kappa shape index (κ1) is 15.1. The van der Waals surface area contributed by atoms with Crippen molar-refractivity contribution < 1.29 is 9.84 Å². The fraction of sp³-hybridized carbons (Fsp3) is 0.375. The quantitative estimate of drug-likeness (QED) is 0.853. The second-order valence-corrected chi connectivity index (χ2v) is 4.56. The van der Waals surface area contributed by atoms with E-state index in [1.165, 1.54) is 6.33 Å². The fourth-order valence-electron chi connectivity index (χ4n) is 1.89. The molecule has 0 spiro atoms. The van der Waals surface area contributed by atoms with Crippen LogP contribution in [0.25, 0.3) is 0 Å². The van der Waals surface area contributed by atoms with E-state index in [2.05, 4.69) is 21.9 Å². The molecule has 0 saturated carbocycles. The van der Waals surface area contributed by atoms with E-state index in [9.17, 15) is 0 Å². The molecule has 0 aliphatic heterocycles. The van der Waals surface area contributed by atoms with Gasteiger partial charge in [-0.3, -0.25) is 0 Å². The monoisotopic (exact) mass is 285 g/mol. The zero-order valence-electron chi connectivity index (χ0n) is 12.3. The number of benzene rings is 1. The van der Waals surface area contributed by atoms with Gasteiger partial charge in [-0.2, -0.15) is 5.10 Å². The minimum absolute atomic E-state index is 0.0641. The SMILES string of the molecule is CCn1ncnc1COc1ccc(C)cc1C#CCCO. The Morgan fingerprint density at radius 3 is 3.00 bits per heavy atom. The highest BCUT2D eigenvalue weighted by Crippen LogP contribution is 2.20. The average molecular weight is 285 g/mol. The van der Waals surface area contributed by atoms with E-state index in [0.717, 1.165) is 29.2 Å². The van der Waals surface area contributed by atoms with Crippen molar-refractivity contribution in [1.82, 2.24) is 14.8 Å². The standard InChI is InChI=1S/C16H19N3O2/c1-3-19-16(17-12-18-19)11-21-15-8-7-13(2)10-14(15)6-4-5-9-20/h7-8,10,12,20H,3,5,9,11H2,1-2H3. The van der Waals surface area contributed by atoms with Crippen LogP contribution in [0.4, 0.5) is 0 Å². The van der Waals surface area contributed by atoms with Crippen LogP contribution < -0.4 is 4.74 Å². The predicted octanol–water partition coefficient (Wildman–Crippen LogP) is 1.92. The van der Waals surface area contributed by atoms with Gasteiger partial charge in [0.05, 0.1) is 12.2 Å². The van der Waals surface area contributed by atoms with Crippen molar-refractivity contribution in [2.24, 2.45) is 0 Å². The zero-order valence-corrected chi connectivity index (χ0v) is 12.3. The second-order valence-electron chi connectivity index (χ2n) is 4.56. The molecule has 21 heavy (non-hydrogen) atoms. The molecule has 5 nitrogen and oxygen atoms in total. The fourth-order valence-corrected chi connectivity index (χ4v) is 1.89. The lowest BCUT2D eigenvalue weighted by Gasteiger charge is -2.09. The van der Waals surface area contributed by atoms with Gasteiger partial charge in [0.25, 0.3) is 0 Å². The van der Waals surface area contributed by atoms with Crippen LogP contribution in [-0.4, -0.2) is 26.5 Å². The molecule has 0 aliphatic carbocycles. The van der Waals surface area contributed by atoms with Crippen molar-refractivity contribution in [2.45, 2.75) is 33.4 Å². The van der Waals surface area contributed by atoms with Crippen LogP contribution in [0.5, 0.6) is 5.75 Å². The number of aromatic nitrogens is 3. The van der Waals surface area contributed by atoms with Crippen LogP contribution in [-0.2, 0) is 13.2 Å². The van der Waals surface area contributed by atoms with Crippen LogP contribution in [0.1, 0.15) is 30.3 Å². The maximum atomic E-state index is 8.80. The Kier molecular flexibility index (Phi) is 5.35. The maximum Gasteiger partial charge on any atom is 0.164 e. The van der Waals surface area contributed by atoms with Gasteiger partial charge in [-0.1, -0.05) is 17.9 Å². The van der Waals surface area contributed by atoms with E-state index >= 15 is 0 Å². The van der Waals surface area contributed by atoms with E-state index < -0.39 is 0 Å². The van der Waals surface area contributed by atoms with Gasteiger partial charge in [-0.25, -0.2) is 9.67 Å². The highest BCUT2D eigenvalue weighted by molar-refractivity contribution is 5.48. The molecule has 0 amide bonds. The second kappa shape index (κ2) is 7.46. The summed E-state index contributed by atoms with van der Waals surface area (Å²) in [6, 6.07) is 5.87. The summed E-state index contributed by atoms with van der Waals surface area (Å²) in [4.78, 5) is 4.18. The minimum atomic E-state index is 0.0641. The summed E-state index contributed by atoms with van der Waals surface area (Å²) < 4.78 is 7.62. The number of aliphatic hydroxyl groups is 1. The van der Waals surface area contributed by atoms with Gasteiger partial charge < -0.3 is 9.84 Å². The molecule has 1 aromatic heterocycles. The molecule has 1 aromatic carbocycles. The number of ether oxygens (including phenoxy) is 1. The molecule has 110 valence electrons. The lowest BCUT2D eigenvalue weighted by molar-refractivity contribution is 0.286. The Labute approximate surface area is 124 Å². The molecular weight excluding hydrogens is 266 g/mol. The molecule has 0 saturated heterocycles. The van der Waals surface area contributed by atoms with Crippen LogP contribution >= 0.6 is 0 Å². The third-order valence-corrected chi connectivity index (χ3v) is 2.95. The highest BCUT2D eigenvalue weighted by Gasteiger charge is 2.06. The smallest absolute Gasteiger partial charge is 0.164 e. The summed E-state index contributed by atoms with van der Waals surface area (Å²) in [5.41, 5.74) is 1.94. The average Bonchev–Trinajstić information content (AvgIpc) is 2.94. The molecular formula is C16H19N3O2. The lowest BCUT2D eigenvalue weighted by Crippen LogP contribution is -2.07. The lowest BCUT2D eigenvalue weighted by atomic mass is 10.1. The van der Waals surface area contributed by atoms with Crippen LogP contribution in [0.2, 0.25) is 0 Å². The van der Waals surface area contributed by atoms with Crippen molar-refractivity contribution in [1.29, 1.82) is 0 Å². The molecule has 0 bridgehead atoms. The summed E-state index contributed by atoms with van der Waals surface area (Å²) in [6.45, 7) is 5.19. The maximum absolute atomic E-state index is 8.80. The Morgan fingerprint density at radius 2 is 2.24 bits per heavy atom. The third-order valence-electron chi connectivity index (χ3n) is 2.95. The van der Waals surface area contributed by atoms with Crippen molar-refractivity contribution in [3.05, 3.63) is 41.5 Å². The number of aryl methyl sites for hydroxylation is 2. The number of nitrogens with zero attached hydrogens (tertiary/aromatic N) is 3. The molecule has 1 heterocycles. The van der Waals surface area contributed by atoms with Crippen molar-refractivity contribution in [2.75, 3.05) is 6.61 Å². The van der Waals surface area contributed by atoms with Crippen molar-refractivity contribution in [3.63, 3.8) is 0 Å². The molecule has 0 atom stereocenters. The first-order chi connectivity index (χ1) is 10.2. The topological polar surface area (TPSA) is 60.2 Å². The van der Waals surface area contributed by atoms with Gasteiger partial charge in [0.15, 0.2) is 5.82 Å². The number of aliphatic hydroxyl groups excluding tert-OH is 1. The Balaban J connectivity index is 2.14. The molecule has 0 aliphatic rings. The van der Waals surface area contributed by atoms with Crippen molar-refractivity contribution >= 4 is 0 Å². The van der Waals surface area contributed by atoms with Crippen LogP contribution in [0, 0.1) is 18.8 Å². The summed E-state index contributed by atoms with van der Waals surface area (Å²) in [6.07, 6.45) is 1.98. The minimum Gasteiger partial charge on any atom is -0.484 e. The molecule has 0 radical (unpaired) electrons.